The number of nitrogens with one attached hydrogen (secondary N) is 1. The average Bonchev–Trinajstić information content (AvgIpc) is 2.79. The summed E-state index contributed by atoms with van der Waals surface area (Å²) < 4.78 is 38.5. The average molecular weight is 344 g/mol. The van der Waals surface area contributed by atoms with E-state index in [1.165, 1.54) is 6.92 Å². The number of aromatic hydroxyl groups is 1. The zero-order valence-corrected chi connectivity index (χ0v) is 12.2. The summed E-state index contributed by atoms with van der Waals surface area (Å²) in [7, 11) is 0. The number of carbonyl (C=O) groups excluding carboxylic acids is 1. The van der Waals surface area contributed by atoms with Gasteiger partial charge in [-0.15, -0.1) is 0 Å². The number of halogens is 3. The second kappa shape index (κ2) is 6.18. The number of nitrogens with zero attached hydrogens (tertiary/aromatic N) is 3. The molecular formula is C13H11F3N4O4. The molecule has 1 aromatic heterocycles. The highest BCUT2D eigenvalue weighted by Gasteiger charge is 2.34. The van der Waals surface area contributed by atoms with Gasteiger partial charge in [0.25, 0.3) is 5.69 Å². The Bertz CT molecular complexity index is 801. The summed E-state index contributed by atoms with van der Waals surface area (Å²) >= 11 is 0. The van der Waals surface area contributed by atoms with Gasteiger partial charge in [0.05, 0.1) is 16.7 Å². The Balaban J connectivity index is 2.14. The Kier molecular flexibility index (Phi) is 4.44. The third-order valence-electron chi connectivity index (χ3n) is 2.96. The van der Waals surface area contributed by atoms with Gasteiger partial charge in [-0.1, -0.05) is 0 Å². The molecular weight excluding hydrogens is 333 g/mol. The van der Waals surface area contributed by atoms with E-state index in [1.807, 2.05) is 0 Å². The van der Waals surface area contributed by atoms with Gasteiger partial charge in [0, 0.05) is 17.8 Å². The fourth-order valence-electron chi connectivity index (χ4n) is 1.92. The molecule has 0 aliphatic heterocycles. The van der Waals surface area contributed by atoms with Crippen LogP contribution < -0.4 is 5.32 Å². The maximum Gasteiger partial charge on any atom is 0.435 e. The molecule has 128 valence electrons. The Morgan fingerprint density at radius 1 is 1.38 bits per heavy atom. The van der Waals surface area contributed by atoms with Crippen molar-refractivity contribution in [2.45, 2.75) is 19.6 Å². The molecule has 0 unspecified atom stereocenters. The first kappa shape index (κ1) is 17.2. The molecule has 1 heterocycles. The van der Waals surface area contributed by atoms with Gasteiger partial charge in [0.15, 0.2) is 5.69 Å². The number of aromatic nitrogens is 2. The Hall–Kier alpha value is -3.11. The number of amides is 1. The second-order valence-electron chi connectivity index (χ2n) is 4.87. The molecule has 0 aliphatic carbocycles. The monoisotopic (exact) mass is 344 g/mol. The van der Waals surface area contributed by atoms with Crippen LogP contribution in [0.3, 0.4) is 0 Å². The maximum atomic E-state index is 12.6. The van der Waals surface area contributed by atoms with Crippen molar-refractivity contribution in [1.29, 1.82) is 0 Å². The van der Waals surface area contributed by atoms with Gasteiger partial charge in [-0.2, -0.15) is 18.3 Å². The van der Waals surface area contributed by atoms with Crippen molar-refractivity contribution in [2.24, 2.45) is 0 Å². The number of nitro groups is 1. The Labute approximate surface area is 132 Å². The predicted octanol–water partition coefficient (Wildman–Crippen LogP) is 2.46. The van der Waals surface area contributed by atoms with Crippen molar-refractivity contribution in [3.05, 3.63) is 45.8 Å². The fourth-order valence-corrected chi connectivity index (χ4v) is 1.92. The lowest BCUT2D eigenvalue weighted by atomic mass is 10.2. The summed E-state index contributed by atoms with van der Waals surface area (Å²) in [5.41, 5.74) is -1.51. The number of hydrogen-bond acceptors (Lipinski definition) is 5. The number of nitro benzene ring substituents is 1. The molecule has 2 rings (SSSR count). The topological polar surface area (TPSA) is 110 Å². The maximum absolute atomic E-state index is 12.6. The molecule has 0 saturated carbocycles. The van der Waals surface area contributed by atoms with Crippen molar-refractivity contribution >= 4 is 17.3 Å². The fraction of sp³-hybridized carbons (Fsp3) is 0.231. The van der Waals surface area contributed by atoms with Crippen molar-refractivity contribution < 1.29 is 28.0 Å². The van der Waals surface area contributed by atoms with Gasteiger partial charge in [0.2, 0.25) is 5.91 Å². The molecule has 2 aromatic rings. The zero-order valence-electron chi connectivity index (χ0n) is 12.2. The number of phenolic OH excluding ortho intramolecular Hbond substituents is 1. The lowest BCUT2D eigenvalue weighted by molar-refractivity contribution is -0.384. The summed E-state index contributed by atoms with van der Waals surface area (Å²) in [5, 5.41) is 25.6. The van der Waals surface area contributed by atoms with Crippen LogP contribution in [0.5, 0.6) is 5.75 Å². The van der Waals surface area contributed by atoms with Gasteiger partial charge >= 0.3 is 6.18 Å². The van der Waals surface area contributed by atoms with Gasteiger partial charge < -0.3 is 10.4 Å². The van der Waals surface area contributed by atoms with E-state index in [0.717, 1.165) is 28.9 Å². The molecule has 0 saturated heterocycles. The number of rotatable bonds is 4. The number of carbonyl (C=O) groups is 1. The molecule has 1 amide bonds. The van der Waals surface area contributed by atoms with E-state index in [9.17, 15) is 33.2 Å². The minimum atomic E-state index is -4.63. The number of benzene rings is 1. The molecule has 1 aromatic carbocycles. The van der Waals surface area contributed by atoms with Crippen LogP contribution in [0.2, 0.25) is 0 Å². The molecule has 11 heteroatoms. The van der Waals surface area contributed by atoms with Crippen LogP contribution in [0.25, 0.3) is 0 Å². The third-order valence-corrected chi connectivity index (χ3v) is 2.96. The molecule has 0 atom stereocenters. The van der Waals surface area contributed by atoms with E-state index in [0.29, 0.717) is 0 Å². The number of aryl methyl sites for hydroxylation is 1. The predicted molar refractivity (Wildman–Crippen MR) is 75.4 cm³/mol. The highest BCUT2D eigenvalue weighted by molar-refractivity contribution is 5.91. The first-order valence-corrected chi connectivity index (χ1v) is 6.46. The first-order valence-electron chi connectivity index (χ1n) is 6.46. The van der Waals surface area contributed by atoms with E-state index in [1.54, 1.807) is 0 Å². The molecule has 0 spiro atoms. The molecule has 8 nitrogen and oxygen atoms in total. The highest BCUT2D eigenvalue weighted by atomic mass is 19.4. The third kappa shape index (κ3) is 4.00. The van der Waals surface area contributed by atoms with Gasteiger partial charge in [-0.25, -0.2) is 0 Å². The molecule has 24 heavy (non-hydrogen) atoms. The van der Waals surface area contributed by atoms with Crippen LogP contribution in [0.15, 0.2) is 24.3 Å². The smallest absolute Gasteiger partial charge is 0.435 e. The number of phenols is 1. The van der Waals surface area contributed by atoms with E-state index in [2.05, 4.69) is 10.4 Å². The first-order chi connectivity index (χ1) is 11.1. The van der Waals surface area contributed by atoms with Crippen LogP contribution in [0, 0.1) is 17.0 Å². The molecule has 0 bridgehead atoms. The normalized spacial score (nSPS) is 11.3. The minimum absolute atomic E-state index is 0.0624. The standard InChI is InChI=1S/C13H11F3N4O4/c1-7-2-11(13(14,15)16)18-19(7)6-12(22)17-8-3-9(20(23)24)5-10(21)4-8/h2-5,21H,6H2,1H3,(H,17,22). The van der Waals surface area contributed by atoms with Crippen molar-refractivity contribution in [2.75, 3.05) is 5.32 Å². The van der Waals surface area contributed by atoms with Crippen LogP contribution in [0.4, 0.5) is 24.5 Å². The van der Waals surface area contributed by atoms with Crippen LogP contribution in [-0.4, -0.2) is 25.7 Å². The Morgan fingerprint density at radius 2 is 2.04 bits per heavy atom. The van der Waals surface area contributed by atoms with Crippen LogP contribution >= 0.6 is 0 Å². The molecule has 0 fully saturated rings. The highest BCUT2D eigenvalue weighted by Crippen LogP contribution is 2.28. The summed E-state index contributed by atoms with van der Waals surface area (Å²) in [5.74, 6) is -1.19. The summed E-state index contributed by atoms with van der Waals surface area (Å²) in [6.07, 6.45) is -4.63. The molecule has 0 radical (unpaired) electrons. The van der Waals surface area contributed by atoms with Crippen molar-refractivity contribution in [1.82, 2.24) is 9.78 Å². The van der Waals surface area contributed by atoms with Crippen molar-refractivity contribution in [3.63, 3.8) is 0 Å². The zero-order chi connectivity index (χ0) is 18.1. The van der Waals surface area contributed by atoms with Crippen LogP contribution in [-0.2, 0) is 17.5 Å². The van der Waals surface area contributed by atoms with Crippen LogP contribution in [0.1, 0.15) is 11.4 Å². The quantitative estimate of drug-likeness (QED) is 0.654. The van der Waals surface area contributed by atoms with E-state index in [4.69, 9.17) is 0 Å². The summed E-state index contributed by atoms with van der Waals surface area (Å²) in [6, 6.07) is 3.77. The van der Waals surface area contributed by atoms with Gasteiger partial charge in [-0.05, 0) is 13.0 Å². The van der Waals surface area contributed by atoms with Gasteiger partial charge in [-0.3, -0.25) is 19.6 Å². The molecule has 0 aliphatic rings. The molecule has 2 N–H and O–H groups in total. The number of hydrogen-bond donors (Lipinski definition) is 2. The Morgan fingerprint density at radius 3 is 2.58 bits per heavy atom. The van der Waals surface area contributed by atoms with E-state index in [-0.39, 0.29) is 11.4 Å². The largest absolute Gasteiger partial charge is 0.508 e. The van der Waals surface area contributed by atoms with Gasteiger partial charge in [0.1, 0.15) is 12.3 Å². The SMILES string of the molecule is Cc1cc(C(F)(F)F)nn1CC(=O)Nc1cc(O)cc([N+](=O)[O-])c1. The van der Waals surface area contributed by atoms with E-state index >= 15 is 0 Å². The lowest BCUT2D eigenvalue weighted by Crippen LogP contribution is -2.20. The summed E-state index contributed by atoms with van der Waals surface area (Å²) in [6.45, 7) is 0.833. The number of non-ortho nitro benzene ring substituents is 1. The number of anilines is 1. The second-order valence-corrected chi connectivity index (χ2v) is 4.87. The number of alkyl halides is 3. The minimum Gasteiger partial charge on any atom is -0.508 e. The summed E-state index contributed by atoms with van der Waals surface area (Å²) in [4.78, 5) is 21.8. The van der Waals surface area contributed by atoms with E-state index < -0.39 is 40.7 Å². The lowest BCUT2D eigenvalue weighted by Gasteiger charge is -2.07. The van der Waals surface area contributed by atoms with Crippen molar-refractivity contribution in [3.8, 4) is 5.75 Å².